The maximum atomic E-state index is 13.0. The van der Waals surface area contributed by atoms with Crippen molar-refractivity contribution >= 4 is 9.84 Å². The van der Waals surface area contributed by atoms with Crippen LogP contribution < -0.4 is 0 Å². The number of fused-ring (bicyclic) bond motifs is 5. The van der Waals surface area contributed by atoms with Gasteiger partial charge in [-0.3, -0.25) is 0 Å². The zero-order valence-corrected chi connectivity index (χ0v) is 26.7. The highest BCUT2D eigenvalue weighted by molar-refractivity contribution is 7.91. The number of halogens is 5. The van der Waals surface area contributed by atoms with E-state index < -0.39 is 46.6 Å². The molecule has 0 aliphatic heterocycles. The highest BCUT2D eigenvalue weighted by atomic mass is 32.2. The molecule has 0 heterocycles. The second kappa shape index (κ2) is 13.6. The fourth-order valence-corrected chi connectivity index (χ4v) is 9.73. The van der Waals surface area contributed by atoms with Gasteiger partial charge >= 0.3 is 12.1 Å². The van der Waals surface area contributed by atoms with Gasteiger partial charge in [0.25, 0.3) is 0 Å². The Kier molecular flexibility index (Phi) is 10.8. The van der Waals surface area contributed by atoms with Crippen LogP contribution in [0.5, 0.6) is 5.75 Å². The molecule has 0 bridgehead atoms. The minimum absolute atomic E-state index is 0.0441. The first-order valence-electron chi connectivity index (χ1n) is 16.0. The van der Waals surface area contributed by atoms with Crippen molar-refractivity contribution in [3.05, 3.63) is 41.5 Å². The standard InChI is InChI=1S/C33H48F5NO4S/c1-22-29(41)21-28-30-23(19-24-20-25(40)10-11-26(24)27(30)12-14-31(22,28)2)9-5-4-6-15-39(3)16-8-18-44(42,43)17-7-13-32(34,35)33(36,37)38/h10-11,20,23,27-30,40-41H,1,4-9,12-19,21H2,2-3H3/t23?,27?,28?,29-,30?,31-/m1/s1. The quantitative estimate of drug-likeness (QED) is 0.126. The van der Waals surface area contributed by atoms with Gasteiger partial charge in [-0.15, -0.1) is 0 Å². The van der Waals surface area contributed by atoms with Crippen LogP contribution >= 0.6 is 0 Å². The van der Waals surface area contributed by atoms with E-state index in [9.17, 15) is 40.6 Å². The molecule has 6 atom stereocenters. The molecule has 44 heavy (non-hydrogen) atoms. The normalized spacial score (nSPS) is 29.0. The number of hydrogen-bond donors (Lipinski definition) is 2. The summed E-state index contributed by atoms with van der Waals surface area (Å²) in [5.41, 5.74) is 3.52. The Hall–Kier alpha value is -1.72. The van der Waals surface area contributed by atoms with Gasteiger partial charge < -0.3 is 15.1 Å². The van der Waals surface area contributed by atoms with E-state index in [1.165, 1.54) is 11.1 Å². The molecule has 0 spiro atoms. The Balaban J connectivity index is 1.22. The first-order chi connectivity index (χ1) is 20.4. The van der Waals surface area contributed by atoms with Crippen LogP contribution in [-0.2, 0) is 16.3 Å². The van der Waals surface area contributed by atoms with Crippen LogP contribution in [0, 0.1) is 23.2 Å². The summed E-state index contributed by atoms with van der Waals surface area (Å²) < 4.78 is 87.2. The molecule has 2 saturated carbocycles. The molecule has 5 nitrogen and oxygen atoms in total. The SMILES string of the molecule is C=C1[C@H](O)CC2C3C(CCCCCN(C)CCCS(=O)(=O)CCCC(F)(F)C(F)(F)F)Cc4cc(O)ccc4C3CC[C@]12C. The molecule has 0 aromatic heterocycles. The average molecular weight is 650 g/mol. The van der Waals surface area contributed by atoms with Crippen LogP contribution in [-0.4, -0.2) is 73.4 Å². The summed E-state index contributed by atoms with van der Waals surface area (Å²) in [6.45, 7) is 7.85. The third-order valence-corrected chi connectivity index (χ3v) is 12.7. The second-order valence-electron chi connectivity index (χ2n) is 13.8. The number of nitrogens with zero attached hydrogens (tertiary/aromatic N) is 1. The molecule has 11 heteroatoms. The Morgan fingerprint density at radius 3 is 2.43 bits per heavy atom. The molecule has 1 aromatic carbocycles. The molecule has 2 N–H and O–H groups in total. The molecule has 2 fully saturated rings. The zero-order chi connectivity index (χ0) is 32.5. The zero-order valence-electron chi connectivity index (χ0n) is 25.9. The van der Waals surface area contributed by atoms with E-state index >= 15 is 0 Å². The van der Waals surface area contributed by atoms with Gasteiger partial charge in [0.15, 0.2) is 0 Å². The molecule has 4 unspecified atom stereocenters. The Morgan fingerprint density at radius 1 is 1.05 bits per heavy atom. The van der Waals surface area contributed by atoms with Gasteiger partial charge in [-0.05, 0) is 129 Å². The molecule has 0 saturated heterocycles. The van der Waals surface area contributed by atoms with Crippen LogP contribution in [0.25, 0.3) is 0 Å². The lowest BCUT2D eigenvalue weighted by Crippen LogP contribution is -2.44. The number of unbranched alkanes of at least 4 members (excludes halogenated alkanes) is 2. The van der Waals surface area contributed by atoms with Crippen LogP contribution in [0.4, 0.5) is 22.0 Å². The van der Waals surface area contributed by atoms with Gasteiger partial charge in [0.1, 0.15) is 15.6 Å². The van der Waals surface area contributed by atoms with Crippen molar-refractivity contribution in [2.75, 3.05) is 31.6 Å². The number of alkyl halides is 5. The topological polar surface area (TPSA) is 77.8 Å². The third kappa shape index (κ3) is 7.80. The van der Waals surface area contributed by atoms with E-state index in [0.29, 0.717) is 42.4 Å². The van der Waals surface area contributed by atoms with E-state index in [1.807, 2.05) is 18.0 Å². The summed E-state index contributed by atoms with van der Waals surface area (Å²) in [6.07, 6.45) is -0.275. The largest absolute Gasteiger partial charge is 0.508 e. The fourth-order valence-electron chi connectivity index (χ4n) is 8.37. The van der Waals surface area contributed by atoms with Crippen LogP contribution in [0.3, 0.4) is 0 Å². The predicted octanol–water partition coefficient (Wildman–Crippen LogP) is 7.28. The van der Waals surface area contributed by atoms with Crippen molar-refractivity contribution in [1.82, 2.24) is 4.90 Å². The molecule has 3 aliphatic carbocycles. The van der Waals surface area contributed by atoms with Gasteiger partial charge in [-0.2, -0.15) is 22.0 Å². The summed E-state index contributed by atoms with van der Waals surface area (Å²) in [7, 11) is -1.81. The first-order valence-corrected chi connectivity index (χ1v) is 17.8. The molecule has 0 radical (unpaired) electrons. The number of aliphatic hydroxyl groups is 1. The van der Waals surface area contributed by atoms with Crippen molar-refractivity contribution in [2.24, 2.45) is 23.2 Å². The minimum atomic E-state index is -5.67. The highest BCUT2D eigenvalue weighted by Gasteiger charge is 2.57. The number of sulfone groups is 1. The number of aromatic hydroxyl groups is 1. The number of hydrogen-bond acceptors (Lipinski definition) is 5. The summed E-state index contributed by atoms with van der Waals surface area (Å²) in [4.78, 5) is 2.03. The summed E-state index contributed by atoms with van der Waals surface area (Å²) in [5.74, 6) is -3.77. The van der Waals surface area contributed by atoms with Crippen molar-refractivity contribution in [3.8, 4) is 5.75 Å². The van der Waals surface area contributed by atoms with E-state index in [-0.39, 0.29) is 11.2 Å². The summed E-state index contributed by atoms with van der Waals surface area (Å²) >= 11 is 0. The van der Waals surface area contributed by atoms with E-state index in [1.54, 1.807) is 6.07 Å². The maximum absolute atomic E-state index is 13.0. The maximum Gasteiger partial charge on any atom is 0.453 e. The molecular weight excluding hydrogens is 601 g/mol. The summed E-state index contributed by atoms with van der Waals surface area (Å²) in [5, 5.41) is 20.9. The Morgan fingerprint density at radius 2 is 1.73 bits per heavy atom. The number of rotatable bonds is 14. The Bertz CT molecular complexity index is 1270. The first kappa shape index (κ1) is 35.1. The molecule has 0 amide bonds. The minimum Gasteiger partial charge on any atom is -0.508 e. The predicted molar refractivity (Wildman–Crippen MR) is 162 cm³/mol. The van der Waals surface area contributed by atoms with Gasteiger partial charge in [0, 0.05) is 6.42 Å². The molecular formula is C33H48F5NO4S. The molecule has 250 valence electrons. The van der Waals surface area contributed by atoms with Crippen molar-refractivity contribution < 1.29 is 40.6 Å². The van der Waals surface area contributed by atoms with Crippen LogP contribution in [0.1, 0.15) is 88.2 Å². The number of aliphatic hydroxyl groups excluding tert-OH is 1. The smallest absolute Gasteiger partial charge is 0.453 e. The van der Waals surface area contributed by atoms with Crippen molar-refractivity contribution in [3.63, 3.8) is 0 Å². The average Bonchev–Trinajstić information content (AvgIpc) is 3.15. The highest BCUT2D eigenvalue weighted by Crippen LogP contribution is 2.64. The number of phenols is 1. The number of phenolic OH excluding ortho intramolecular Hbond substituents is 1. The molecule has 1 aromatic rings. The lowest BCUT2D eigenvalue weighted by Gasteiger charge is -2.52. The lowest BCUT2D eigenvalue weighted by molar-refractivity contribution is -0.284. The molecule has 4 rings (SSSR count). The fraction of sp³-hybridized carbons (Fsp3) is 0.758. The third-order valence-electron chi connectivity index (χ3n) is 10.9. The second-order valence-corrected chi connectivity index (χ2v) is 16.1. The van der Waals surface area contributed by atoms with Gasteiger partial charge in [-0.25, -0.2) is 8.42 Å². The van der Waals surface area contributed by atoms with Crippen LogP contribution in [0.2, 0.25) is 0 Å². The van der Waals surface area contributed by atoms with Gasteiger partial charge in [-0.1, -0.05) is 32.4 Å². The molecule has 3 aliphatic rings. The van der Waals surface area contributed by atoms with E-state index in [4.69, 9.17) is 0 Å². The monoisotopic (exact) mass is 649 g/mol. The van der Waals surface area contributed by atoms with Crippen LogP contribution in [0.15, 0.2) is 30.4 Å². The van der Waals surface area contributed by atoms with Gasteiger partial charge in [0.2, 0.25) is 0 Å². The van der Waals surface area contributed by atoms with E-state index in [2.05, 4.69) is 19.6 Å². The number of benzene rings is 1. The summed E-state index contributed by atoms with van der Waals surface area (Å²) in [6, 6.07) is 5.80. The Labute approximate surface area is 258 Å². The van der Waals surface area contributed by atoms with Gasteiger partial charge in [0.05, 0.1) is 17.6 Å². The van der Waals surface area contributed by atoms with Crippen molar-refractivity contribution in [2.45, 2.75) is 102 Å². The van der Waals surface area contributed by atoms with E-state index in [0.717, 1.165) is 63.5 Å². The van der Waals surface area contributed by atoms with Crippen molar-refractivity contribution in [1.29, 1.82) is 0 Å². The lowest BCUT2D eigenvalue weighted by atomic mass is 9.52.